The molecule has 1 aromatic carbocycles. The van der Waals surface area contributed by atoms with Gasteiger partial charge < -0.3 is 20.9 Å². The fraction of sp³-hybridized carbons (Fsp3) is 0.350. The van der Waals surface area contributed by atoms with Crippen LogP contribution in [0.4, 0.5) is 14.5 Å². The number of aryl methyl sites for hydroxylation is 1. The van der Waals surface area contributed by atoms with Crippen LogP contribution in [-0.4, -0.2) is 44.5 Å². The van der Waals surface area contributed by atoms with E-state index in [0.29, 0.717) is 24.2 Å². The molecule has 31 heavy (non-hydrogen) atoms. The summed E-state index contributed by atoms with van der Waals surface area (Å²) in [7, 11) is 1.72. The van der Waals surface area contributed by atoms with Crippen LogP contribution in [0.2, 0.25) is 0 Å². The summed E-state index contributed by atoms with van der Waals surface area (Å²) in [6, 6.07) is 3.15. The quantitative estimate of drug-likeness (QED) is 0.564. The molecule has 0 saturated carbocycles. The maximum atomic E-state index is 14.0. The standard InChI is InChI=1S/C20H21F2N5O3S/c1-27-18(16-6-5-12(23)15(28)8-30-16)13(7-24-27)25-19(29)14-9-31-20(26-14)17-10(21)3-2-4-11(17)22/h2-4,7,9,12,15-16,28H,5-6,8,23H2,1H3,(H,25,29)/t12-,15+,16+/m0/s1. The number of hydrogen-bond donors (Lipinski definition) is 3. The summed E-state index contributed by atoms with van der Waals surface area (Å²) in [5.74, 6) is -2.04. The van der Waals surface area contributed by atoms with Gasteiger partial charge in [-0.3, -0.25) is 9.48 Å². The number of nitrogens with zero attached hydrogens (tertiary/aromatic N) is 3. The number of aromatic nitrogens is 3. The fourth-order valence-electron chi connectivity index (χ4n) is 3.48. The average Bonchev–Trinajstić information content (AvgIpc) is 3.31. The highest BCUT2D eigenvalue weighted by molar-refractivity contribution is 7.13. The number of benzene rings is 1. The molecule has 3 heterocycles. The van der Waals surface area contributed by atoms with Gasteiger partial charge in [0.15, 0.2) is 0 Å². The predicted octanol–water partition coefficient (Wildman–Crippen LogP) is 2.61. The molecule has 3 atom stereocenters. The zero-order valence-corrected chi connectivity index (χ0v) is 17.4. The van der Waals surface area contributed by atoms with Gasteiger partial charge in [-0.15, -0.1) is 11.3 Å². The van der Waals surface area contributed by atoms with Crippen molar-refractivity contribution in [2.45, 2.75) is 31.1 Å². The molecular weight excluding hydrogens is 428 g/mol. The SMILES string of the molecule is Cn1ncc(NC(=O)c2csc(-c3c(F)cccc3F)n2)c1[C@H]1CC[C@H](N)[C@H](O)CO1. The monoisotopic (exact) mass is 449 g/mol. The van der Waals surface area contributed by atoms with Gasteiger partial charge in [0, 0.05) is 18.5 Å². The second kappa shape index (κ2) is 8.79. The van der Waals surface area contributed by atoms with Crippen molar-refractivity contribution >= 4 is 22.9 Å². The summed E-state index contributed by atoms with van der Waals surface area (Å²) in [5.41, 5.74) is 6.73. The minimum atomic E-state index is -0.761. The molecule has 4 N–H and O–H groups in total. The number of nitrogens with two attached hydrogens (primary N) is 1. The molecule has 1 amide bonds. The number of amides is 1. The lowest BCUT2D eigenvalue weighted by Crippen LogP contribution is -2.35. The zero-order chi connectivity index (χ0) is 22.1. The molecule has 8 nitrogen and oxygen atoms in total. The molecule has 0 radical (unpaired) electrons. The van der Waals surface area contributed by atoms with Crippen LogP contribution in [0.15, 0.2) is 29.8 Å². The Morgan fingerprint density at radius 2 is 2.10 bits per heavy atom. The van der Waals surface area contributed by atoms with E-state index in [2.05, 4.69) is 15.4 Å². The lowest BCUT2D eigenvalue weighted by molar-refractivity contribution is -0.00229. The van der Waals surface area contributed by atoms with Crippen molar-refractivity contribution in [3.05, 3.63) is 52.8 Å². The van der Waals surface area contributed by atoms with Gasteiger partial charge in [0.1, 0.15) is 28.4 Å². The number of anilines is 1. The van der Waals surface area contributed by atoms with Crippen molar-refractivity contribution in [1.82, 2.24) is 14.8 Å². The van der Waals surface area contributed by atoms with Crippen LogP contribution in [0, 0.1) is 11.6 Å². The van der Waals surface area contributed by atoms with Crippen LogP contribution in [0.25, 0.3) is 10.6 Å². The summed E-state index contributed by atoms with van der Waals surface area (Å²) >= 11 is 0.971. The zero-order valence-electron chi connectivity index (χ0n) is 16.6. The van der Waals surface area contributed by atoms with E-state index in [-0.39, 0.29) is 28.9 Å². The third kappa shape index (κ3) is 4.35. The van der Waals surface area contributed by atoms with Gasteiger partial charge in [-0.05, 0) is 25.0 Å². The van der Waals surface area contributed by atoms with Crippen LogP contribution in [0.3, 0.4) is 0 Å². The van der Waals surface area contributed by atoms with Crippen LogP contribution < -0.4 is 11.1 Å². The Hall–Kier alpha value is -2.73. The molecule has 4 rings (SSSR count). The normalized spacial score (nSPS) is 21.6. The van der Waals surface area contributed by atoms with Crippen LogP contribution in [0.1, 0.15) is 35.1 Å². The maximum Gasteiger partial charge on any atom is 0.275 e. The summed E-state index contributed by atoms with van der Waals surface area (Å²) in [6.07, 6.45) is 1.41. The Morgan fingerprint density at radius 3 is 2.84 bits per heavy atom. The number of aliphatic hydroxyl groups is 1. The summed E-state index contributed by atoms with van der Waals surface area (Å²) in [5, 5.41) is 18.4. The average molecular weight is 449 g/mol. The van der Waals surface area contributed by atoms with Crippen molar-refractivity contribution in [2.24, 2.45) is 12.8 Å². The molecule has 2 aromatic heterocycles. The van der Waals surface area contributed by atoms with Gasteiger partial charge in [-0.1, -0.05) is 6.07 Å². The summed E-state index contributed by atoms with van der Waals surface area (Å²) in [6.45, 7) is 0.0774. The molecule has 1 fully saturated rings. The first-order valence-electron chi connectivity index (χ1n) is 9.63. The van der Waals surface area contributed by atoms with Crippen LogP contribution in [-0.2, 0) is 11.8 Å². The lowest BCUT2D eigenvalue weighted by Gasteiger charge is -2.17. The second-order valence-corrected chi connectivity index (χ2v) is 8.14. The number of ether oxygens (including phenoxy) is 1. The highest BCUT2D eigenvalue weighted by Gasteiger charge is 2.29. The molecular formula is C20H21F2N5O3S. The van der Waals surface area contributed by atoms with Gasteiger partial charge in [0.05, 0.1) is 35.9 Å². The number of rotatable bonds is 4. The molecule has 0 bridgehead atoms. The predicted molar refractivity (Wildman–Crippen MR) is 111 cm³/mol. The fourth-order valence-corrected chi connectivity index (χ4v) is 4.33. The molecule has 11 heteroatoms. The van der Waals surface area contributed by atoms with E-state index in [0.717, 1.165) is 23.5 Å². The Labute approximate surface area is 180 Å². The van der Waals surface area contributed by atoms with Crippen molar-refractivity contribution < 1.29 is 23.4 Å². The van der Waals surface area contributed by atoms with Gasteiger partial charge >= 0.3 is 0 Å². The third-order valence-electron chi connectivity index (χ3n) is 5.18. The minimum Gasteiger partial charge on any atom is -0.389 e. The molecule has 164 valence electrons. The van der Waals surface area contributed by atoms with E-state index in [1.54, 1.807) is 11.7 Å². The first-order valence-corrected chi connectivity index (χ1v) is 10.5. The molecule has 1 saturated heterocycles. The Balaban J connectivity index is 1.55. The number of carbonyl (C=O) groups excluding carboxylic acids is 1. The van der Waals surface area contributed by atoms with Gasteiger partial charge in [0.25, 0.3) is 5.91 Å². The first kappa shape index (κ1) is 21.5. The van der Waals surface area contributed by atoms with Gasteiger partial charge in [0.2, 0.25) is 0 Å². The molecule has 0 aliphatic carbocycles. The number of nitrogens with one attached hydrogen (secondary N) is 1. The highest BCUT2D eigenvalue weighted by atomic mass is 32.1. The van der Waals surface area contributed by atoms with E-state index in [1.165, 1.54) is 17.6 Å². The Kier molecular flexibility index (Phi) is 6.10. The molecule has 1 aliphatic rings. The summed E-state index contributed by atoms with van der Waals surface area (Å²) in [4.78, 5) is 16.9. The van der Waals surface area contributed by atoms with E-state index in [1.807, 2.05) is 0 Å². The van der Waals surface area contributed by atoms with E-state index in [9.17, 15) is 18.7 Å². The second-order valence-electron chi connectivity index (χ2n) is 7.29. The first-order chi connectivity index (χ1) is 14.8. The number of hydrogen-bond acceptors (Lipinski definition) is 7. The topological polar surface area (TPSA) is 115 Å². The van der Waals surface area contributed by atoms with Gasteiger partial charge in [-0.25, -0.2) is 13.8 Å². The van der Waals surface area contributed by atoms with Crippen LogP contribution >= 0.6 is 11.3 Å². The van der Waals surface area contributed by atoms with Gasteiger partial charge in [-0.2, -0.15) is 5.10 Å². The Morgan fingerprint density at radius 1 is 1.35 bits per heavy atom. The molecule has 1 aliphatic heterocycles. The van der Waals surface area contributed by atoms with E-state index >= 15 is 0 Å². The van der Waals surface area contributed by atoms with E-state index in [4.69, 9.17) is 10.5 Å². The van der Waals surface area contributed by atoms with E-state index < -0.39 is 29.7 Å². The number of aliphatic hydroxyl groups excluding tert-OH is 1. The number of halogens is 2. The molecule has 3 aromatic rings. The summed E-state index contributed by atoms with van der Waals surface area (Å²) < 4.78 is 35.4. The molecule has 0 unspecified atom stereocenters. The minimum absolute atomic E-state index is 0.0247. The maximum absolute atomic E-state index is 14.0. The third-order valence-corrected chi connectivity index (χ3v) is 6.04. The smallest absolute Gasteiger partial charge is 0.275 e. The Bertz CT molecular complexity index is 1070. The largest absolute Gasteiger partial charge is 0.389 e. The van der Waals surface area contributed by atoms with Crippen LogP contribution in [0.5, 0.6) is 0 Å². The van der Waals surface area contributed by atoms with Crippen molar-refractivity contribution in [1.29, 1.82) is 0 Å². The van der Waals surface area contributed by atoms with Crippen molar-refractivity contribution in [2.75, 3.05) is 11.9 Å². The highest BCUT2D eigenvalue weighted by Crippen LogP contribution is 2.33. The lowest BCUT2D eigenvalue weighted by atomic mass is 10.0. The van der Waals surface area contributed by atoms with Crippen molar-refractivity contribution in [3.8, 4) is 10.6 Å². The molecule has 0 spiro atoms. The van der Waals surface area contributed by atoms with Crippen molar-refractivity contribution in [3.63, 3.8) is 0 Å². The number of thiazole rings is 1. The number of carbonyl (C=O) groups is 1.